The van der Waals surface area contributed by atoms with Gasteiger partial charge in [-0.2, -0.15) is 0 Å². The number of carboxylic acid groups (broad SMARTS) is 1. The van der Waals surface area contributed by atoms with E-state index >= 15 is 0 Å². The highest BCUT2D eigenvalue weighted by Gasteiger charge is 2.23. The average Bonchev–Trinajstić information content (AvgIpc) is 2.95. The fraction of sp³-hybridized carbons (Fsp3) is 0.300. The van der Waals surface area contributed by atoms with Crippen LogP contribution in [-0.4, -0.2) is 27.0 Å². The van der Waals surface area contributed by atoms with Crippen LogP contribution in [0.3, 0.4) is 0 Å². The van der Waals surface area contributed by atoms with Crippen molar-refractivity contribution in [1.29, 1.82) is 0 Å². The van der Waals surface area contributed by atoms with Crippen molar-refractivity contribution in [2.45, 2.75) is 39.7 Å². The third kappa shape index (κ3) is 4.64. The van der Waals surface area contributed by atoms with Crippen molar-refractivity contribution in [3.8, 4) is 17.1 Å². The van der Waals surface area contributed by atoms with E-state index in [4.69, 9.17) is 9.84 Å². The highest BCUT2D eigenvalue weighted by Crippen LogP contribution is 2.38. The first kappa shape index (κ1) is 20.0. The van der Waals surface area contributed by atoms with Crippen molar-refractivity contribution < 1.29 is 14.6 Å². The smallest absolute Gasteiger partial charge is 0.344 e. The molecule has 0 saturated heterocycles. The SMILES string of the molecule is CC/C=C\C=C(/CC)n1nc(OC(C)C(=O)O)c(Br)c1-c1ccccc1. The minimum absolute atomic E-state index is 0.262. The van der Waals surface area contributed by atoms with Gasteiger partial charge in [0.25, 0.3) is 0 Å². The van der Waals surface area contributed by atoms with E-state index in [1.807, 2.05) is 47.2 Å². The molecular formula is C20H23BrN2O3. The highest BCUT2D eigenvalue weighted by molar-refractivity contribution is 9.10. The molecular weight excluding hydrogens is 396 g/mol. The molecule has 1 unspecified atom stereocenters. The van der Waals surface area contributed by atoms with Crippen LogP contribution in [0.25, 0.3) is 17.0 Å². The van der Waals surface area contributed by atoms with E-state index in [1.54, 1.807) is 0 Å². The van der Waals surface area contributed by atoms with Crippen LogP contribution in [-0.2, 0) is 4.79 Å². The van der Waals surface area contributed by atoms with E-state index in [0.717, 1.165) is 29.8 Å². The Morgan fingerprint density at radius 2 is 2.04 bits per heavy atom. The van der Waals surface area contributed by atoms with Gasteiger partial charge in [-0.15, -0.1) is 5.10 Å². The number of rotatable bonds is 8. The summed E-state index contributed by atoms with van der Waals surface area (Å²) in [5.41, 5.74) is 2.77. The monoisotopic (exact) mass is 418 g/mol. The second-order valence-electron chi connectivity index (χ2n) is 5.69. The average molecular weight is 419 g/mol. The van der Waals surface area contributed by atoms with Crippen LogP contribution >= 0.6 is 15.9 Å². The van der Waals surface area contributed by atoms with Crippen LogP contribution in [0.4, 0.5) is 0 Å². The standard InChI is InChI=1S/C20H23BrN2O3/c1-4-6-8-13-16(5-2)23-18(15-11-9-7-10-12-15)17(21)19(22-23)26-14(3)20(24)25/h6-14H,4-5H2,1-3H3,(H,24,25)/b8-6-,16-13+. The Hall–Kier alpha value is -2.34. The predicted molar refractivity (Wildman–Crippen MR) is 107 cm³/mol. The van der Waals surface area contributed by atoms with Gasteiger partial charge in [0.15, 0.2) is 6.10 Å². The van der Waals surface area contributed by atoms with Crippen molar-refractivity contribution >= 4 is 27.6 Å². The number of nitrogens with zero attached hydrogens (tertiary/aromatic N) is 2. The molecule has 0 aliphatic heterocycles. The first-order valence-electron chi connectivity index (χ1n) is 8.59. The van der Waals surface area contributed by atoms with Gasteiger partial charge in [-0.05, 0) is 41.8 Å². The number of allylic oxidation sites excluding steroid dienone is 4. The summed E-state index contributed by atoms with van der Waals surface area (Å²) >= 11 is 3.55. The molecule has 138 valence electrons. The van der Waals surface area contributed by atoms with E-state index < -0.39 is 12.1 Å². The Morgan fingerprint density at radius 3 is 2.62 bits per heavy atom. The predicted octanol–water partition coefficient (Wildman–Crippen LogP) is 5.38. The van der Waals surface area contributed by atoms with Gasteiger partial charge in [-0.25, -0.2) is 9.48 Å². The first-order valence-corrected chi connectivity index (χ1v) is 9.38. The molecule has 0 fully saturated rings. The number of aromatic nitrogens is 2. The summed E-state index contributed by atoms with van der Waals surface area (Å²) in [6.45, 7) is 5.61. The third-order valence-electron chi connectivity index (χ3n) is 3.78. The Kier molecular flexibility index (Phi) is 7.21. The summed E-state index contributed by atoms with van der Waals surface area (Å²) in [5.74, 6) is -0.776. The molecule has 1 heterocycles. The van der Waals surface area contributed by atoms with Crippen LogP contribution in [0.5, 0.6) is 5.88 Å². The topological polar surface area (TPSA) is 64.4 Å². The normalized spacial score (nSPS) is 13.2. The lowest BCUT2D eigenvalue weighted by Crippen LogP contribution is -2.23. The van der Waals surface area contributed by atoms with E-state index in [-0.39, 0.29) is 5.88 Å². The van der Waals surface area contributed by atoms with Crippen LogP contribution < -0.4 is 4.74 Å². The third-order valence-corrected chi connectivity index (χ3v) is 4.49. The van der Waals surface area contributed by atoms with Gasteiger partial charge in [0, 0.05) is 11.3 Å². The van der Waals surface area contributed by atoms with Crippen LogP contribution in [0.1, 0.15) is 33.6 Å². The zero-order valence-corrected chi connectivity index (χ0v) is 16.7. The summed E-state index contributed by atoms with van der Waals surface area (Å²) in [5, 5.41) is 13.7. The van der Waals surface area contributed by atoms with Crippen LogP contribution in [0.2, 0.25) is 0 Å². The number of benzene rings is 1. The molecule has 1 N–H and O–H groups in total. The lowest BCUT2D eigenvalue weighted by Gasteiger charge is -2.10. The minimum atomic E-state index is -1.04. The molecule has 0 spiro atoms. The van der Waals surface area contributed by atoms with E-state index in [1.165, 1.54) is 6.92 Å². The summed E-state index contributed by atoms with van der Waals surface area (Å²) in [4.78, 5) is 11.1. The van der Waals surface area contributed by atoms with Crippen molar-refractivity contribution in [3.05, 3.63) is 53.0 Å². The number of halogens is 1. The fourth-order valence-corrected chi connectivity index (χ4v) is 2.95. The molecule has 0 aliphatic rings. The molecule has 1 atom stereocenters. The highest BCUT2D eigenvalue weighted by atomic mass is 79.9. The van der Waals surface area contributed by atoms with Gasteiger partial charge in [0.1, 0.15) is 4.47 Å². The van der Waals surface area contributed by atoms with E-state index in [0.29, 0.717) is 4.47 Å². The Balaban J connectivity index is 2.59. The molecule has 0 saturated carbocycles. The van der Waals surface area contributed by atoms with Gasteiger partial charge >= 0.3 is 5.97 Å². The number of hydrogen-bond donors (Lipinski definition) is 1. The summed E-state index contributed by atoms with van der Waals surface area (Å²) in [6.07, 6.45) is 6.80. The van der Waals surface area contributed by atoms with Gasteiger partial charge in [-0.1, -0.05) is 56.3 Å². The summed E-state index contributed by atoms with van der Waals surface area (Å²) < 4.78 is 7.99. The Morgan fingerprint density at radius 1 is 1.35 bits per heavy atom. The molecule has 0 aliphatic carbocycles. The number of aliphatic carboxylic acids is 1. The van der Waals surface area contributed by atoms with Gasteiger partial charge in [0.05, 0.1) is 5.69 Å². The molecule has 1 aromatic heterocycles. The zero-order chi connectivity index (χ0) is 19.1. The first-order chi connectivity index (χ1) is 12.5. The van der Waals surface area contributed by atoms with E-state index in [2.05, 4.69) is 41.0 Å². The van der Waals surface area contributed by atoms with Gasteiger partial charge in [0.2, 0.25) is 5.88 Å². The van der Waals surface area contributed by atoms with Gasteiger partial charge in [-0.3, -0.25) is 0 Å². The van der Waals surface area contributed by atoms with Crippen molar-refractivity contribution in [2.75, 3.05) is 0 Å². The van der Waals surface area contributed by atoms with Crippen LogP contribution in [0, 0.1) is 0 Å². The number of hydrogen-bond acceptors (Lipinski definition) is 3. The molecule has 2 rings (SSSR count). The zero-order valence-electron chi connectivity index (χ0n) is 15.1. The molecule has 2 aromatic rings. The second-order valence-corrected chi connectivity index (χ2v) is 6.48. The molecule has 0 bridgehead atoms. The van der Waals surface area contributed by atoms with Crippen LogP contribution in [0.15, 0.2) is 53.0 Å². The Labute approximate surface area is 162 Å². The number of carboxylic acids is 1. The molecule has 5 nitrogen and oxygen atoms in total. The largest absolute Gasteiger partial charge is 0.479 e. The van der Waals surface area contributed by atoms with Crippen molar-refractivity contribution in [3.63, 3.8) is 0 Å². The molecule has 26 heavy (non-hydrogen) atoms. The maximum atomic E-state index is 11.1. The van der Waals surface area contributed by atoms with E-state index in [9.17, 15) is 4.79 Å². The molecule has 1 aromatic carbocycles. The summed E-state index contributed by atoms with van der Waals surface area (Å²) in [6, 6.07) is 9.82. The maximum absolute atomic E-state index is 11.1. The molecule has 0 radical (unpaired) electrons. The quantitative estimate of drug-likeness (QED) is 0.584. The lowest BCUT2D eigenvalue weighted by atomic mass is 10.1. The number of ether oxygens (including phenoxy) is 1. The molecule has 0 amide bonds. The lowest BCUT2D eigenvalue weighted by molar-refractivity contribution is -0.144. The minimum Gasteiger partial charge on any atom is -0.479 e. The maximum Gasteiger partial charge on any atom is 0.344 e. The van der Waals surface area contributed by atoms with Gasteiger partial charge < -0.3 is 9.84 Å². The fourth-order valence-electron chi connectivity index (χ4n) is 2.38. The van der Waals surface area contributed by atoms with Crippen molar-refractivity contribution in [1.82, 2.24) is 9.78 Å². The Bertz CT molecular complexity index is 810. The second kappa shape index (κ2) is 9.38. The number of carbonyl (C=O) groups is 1. The molecule has 6 heteroatoms. The van der Waals surface area contributed by atoms with Crippen molar-refractivity contribution in [2.24, 2.45) is 0 Å². The summed E-state index contributed by atoms with van der Waals surface area (Å²) in [7, 11) is 0.